The first-order valence-electron chi connectivity index (χ1n) is 6.52. The van der Waals surface area contributed by atoms with Gasteiger partial charge in [0.2, 0.25) is 0 Å². The molecule has 0 aliphatic rings. The van der Waals surface area contributed by atoms with Crippen LogP contribution in [0.5, 0.6) is 0 Å². The fraction of sp³-hybridized carbons (Fsp3) is 0.214. The Labute approximate surface area is 131 Å². The summed E-state index contributed by atoms with van der Waals surface area (Å²) in [6.07, 6.45) is 1.73. The molecular weight excluding hydrogens is 309 g/mol. The molecule has 0 spiro atoms. The van der Waals surface area contributed by atoms with Crippen molar-refractivity contribution in [3.8, 4) is 5.69 Å². The van der Waals surface area contributed by atoms with Gasteiger partial charge >= 0.3 is 0 Å². The van der Waals surface area contributed by atoms with Gasteiger partial charge in [-0.3, -0.25) is 0 Å². The summed E-state index contributed by atoms with van der Waals surface area (Å²) in [5.41, 5.74) is 1.44. The van der Waals surface area contributed by atoms with Gasteiger partial charge in [0.25, 0.3) is 0 Å². The van der Waals surface area contributed by atoms with Gasteiger partial charge < -0.3 is 5.32 Å². The van der Waals surface area contributed by atoms with E-state index in [9.17, 15) is 0 Å². The zero-order valence-electron chi connectivity index (χ0n) is 11.6. The van der Waals surface area contributed by atoms with Gasteiger partial charge in [-0.1, -0.05) is 23.2 Å². The van der Waals surface area contributed by atoms with Crippen molar-refractivity contribution >= 4 is 40.1 Å². The Morgan fingerprint density at radius 3 is 2.76 bits per heavy atom. The lowest BCUT2D eigenvalue weighted by atomic mass is 10.3. The molecule has 3 aromatic rings. The van der Waals surface area contributed by atoms with E-state index in [0.29, 0.717) is 21.5 Å². The maximum Gasteiger partial charge on any atom is 0.168 e. The summed E-state index contributed by atoms with van der Waals surface area (Å²) in [6, 6.07) is 5.28. The SMILES string of the molecule is CCNc1nc(C)nc2c1cnn2-c1ccc(Cl)cc1Cl. The molecule has 21 heavy (non-hydrogen) atoms. The number of hydrogen-bond donors (Lipinski definition) is 1. The number of anilines is 1. The van der Waals surface area contributed by atoms with Gasteiger partial charge in [-0.15, -0.1) is 0 Å². The van der Waals surface area contributed by atoms with E-state index in [1.165, 1.54) is 0 Å². The van der Waals surface area contributed by atoms with Crippen LogP contribution in [-0.2, 0) is 0 Å². The number of halogens is 2. The maximum absolute atomic E-state index is 6.26. The molecule has 0 bridgehead atoms. The summed E-state index contributed by atoms with van der Waals surface area (Å²) in [4.78, 5) is 8.88. The van der Waals surface area contributed by atoms with E-state index >= 15 is 0 Å². The van der Waals surface area contributed by atoms with Crippen LogP contribution in [0.3, 0.4) is 0 Å². The number of aryl methyl sites for hydroxylation is 1. The third kappa shape index (κ3) is 2.54. The molecule has 3 rings (SSSR count). The molecule has 0 atom stereocenters. The standard InChI is InChI=1S/C14H13Cl2N5/c1-3-17-13-10-7-18-21(14(10)20-8(2)19-13)12-5-4-9(15)6-11(12)16/h4-7H,3H2,1-2H3,(H,17,19,20). The summed E-state index contributed by atoms with van der Waals surface area (Å²) >= 11 is 12.2. The summed E-state index contributed by atoms with van der Waals surface area (Å²) < 4.78 is 1.70. The molecule has 1 N–H and O–H groups in total. The topological polar surface area (TPSA) is 55.6 Å². The minimum atomic E-state index is 0.522. The van der Waals surface area contributed by atoms with Crippen molar-refractivity contribution in [3.05, 3.63) is 40.3 Å². The van der Waals surface area contributed by atoms with Crippen molar-refractivity contribution in [2.75, 3.05) is 11.9 Å². The van der Waals surface area contributed by atoms with Crippen molar-refractivity contribution in [3.63, 3.8) is 0 Å². The van der Waals surface area contributed by atoms with Gasteiger partial charge in [0.05, 0.1) is 22.3 Å². The third-order valence-electron chi connectivity index (χ3n) is 3.02. The van der Waals surface area contributed by atoms with Crippen LogP contribution in [0.4, 0.5) is 5.82 Å². The maximum atomic E-state index is 6.26. The van der Waals surface area contributed by atoms with Gasteiger partial charge in [-0.2, -0.15) is 5.10 Å². The van der Waals surface area contributed by atoms with Crippen LogP contribution in [0.25, 0.3) is 16.7 Å². The predicted octanol–water partition coefficient (Wildman–Crippen LogP) is 3.86. The summed E-state index contributed by atoms with van der Waals surface area (Å²) in [5, 5.41) is 9.57. The molecule has 0 saturated heterocycles. The minimum absolute atomic E-state index is 0.522. The third-order valence-corrected chi connectivity index (χ3v) is 3.56. The molecule has 0 fully saturated rings. The molecule has 0 radical (unpaired) electrons. The van der Waals surface area contributed by atoms with Crippen LogP contribution >= 0.6 is 23.2 Å². The first-order chi connectivity index (χ1) is 10.1. The molecule has 7 heteroatoms. The molecule has 1 aromatic carbocycles. The van der Waals surface area contributed by atoms with E-state index in [0.717, 1.165) is 23.4 Å². The Morgan fingerprint density at radius 2 is 2.05 bits per heavy atom. The Kier molecular flexibility index (Phi) is 3.69. The van der Waals surface area contributed by atoms with Gasteiger partial charge in [0.15, 0.2) is 5.65 Å². The fourth-order valence-electron chi connectivity index (χ4n) is 2.15. The van der Waals surface area contributed by atoms with Crippen molar-refractivity contribution < 1.29 is 0 Å². The van der Waals surface area contributed by atoms with Crippen LogP contribution in [0.2, 0.25) is 10.0 Å². The number of nitrogens with one attached hydrogen (secondary N) is 1. The Morgan fingerprint density at radius 1 is 1.24 bits per heavy atom. The van der Waals surface area contributed by atoms with Gasteiger partial charge in [0, 0.05) is 11.6 Å². The molecule has 5 nitrogen and oxygen atoms in total. The highest BCUT2D eigenvalue weighted by atomic mass is 35.5. The predicted molar refractivity (Wildman–Crippen MR) is 85.6 cm³/mol. The largest absolute Gasteiger partial charge is 0.370 e. The zero-order chi connectivity index (χ0) is 15.0. The Balaban J connectivity index is 2.24. The minimum Gasteiger partial charge on any atom is -0.370 e. The smallest absolute Gasteiger partial charge is 0.168 e. The van der Waals surface area contributed by atoms with Gasteiger partial charge in [-0.25, -0.2) is 14.6 Å². The first-order valence-corrected chi connectivity index (χ1v) is 7.27. The lowest BCUT2D eigenvalue weighted by Gasteiger charge is -2.08. The van der Waals surface area contributed by atoms with E-state index in [2.05, 4.69) is 20.4 Å². The lowest BCUT2D eigenvalue weighted by molar-refractivity contribution is 0.889. The van der Waals surface area contributed by atoms with Crippen LogP contribution in [0.15, 0.2) is 24.4 Å². The number of nitrogens with zero attached hydrogens (tertiary/aromatic N) is 4. The summed E-state index contributed by atoms with van der Waals surface area (Å²) in [7, 11) is 0. The van der Waals surface area contributed by atoms with E-state index in [4.69, 9.17) is 23.2 Å². The Bertz CT molecular complexity index is 812. The summed E-state index contributed by atoms with van der Waals surface area (Å²) in [6.45, 7) is 4.64. The molecule has 0 unspecified atom stereocenters. The van der Waals surface area contributed by atoms with Crippen molar-refractivity contribution in [2.45, 2.75) is 13.8 Å². The zero-order valence-corrected chi connectivity index (χ0v) is 13.1. The molecule has 0 aliphatic carbocycles. The van der Waals surface area contributed by atoms with Crippen molar-refractivity contribution in [1.29, 1.82) is 0 Å². The second-order valence-corrected chi connectivity index (χ2v) is 5.38. The lowest BCUT2D eigenvalue weighted by Crippen LogP contribution is -2.04. The number of fused-ring (bicyclic) bond motifs is 1. The monoisotopic (exact) mass is 321 g/mol. The molecule has 0 saturated carbocycles. The molecule has 108 valence electrons. The van der Waals surface area contributed by atoms with Crippen molar-refractivity contribution in [1.82, 2.24) is 19.7 Å². The molecule has 0 amide bonds. The van der Waals surface area contributed by atoms with Crippen LogP contribution in [0, 0.1) is 6.92 Å². The van der Waals surface area contributed by atoms with E-state index in [1.54, 1.807) is 23.0 Å². The average Bonchev–Trinajstić information content (AvgIpc) is 2.83. The molecule has 0 aliphatic heterocycles. The molecule has 2 aromatic heterocycles. The number of rotatable bonds is 3. The quantitative estimate of drug-likeness (QED) is 0.795. The van der Waals surface area contributed by atoms with E-state index in [1.807, 2.05) is 19.9 Å². The number of hydrogen-bond acceptors (Lipinski definition) is 4. The van der Waals surface area contributed by atoms with Gasteiger partial charge in [-0.05, 0) is 32.0 Å². The number of aromatic nitrogens is 4. The Hall–Kier alpha value is -1.85. The molecule has 2 heterocycles. The normalized spacial score (nSPS) is 11.0. The highest BCUT2D eigenvalue weighted by Gasteiger charge is 2.14. The second kappa shape index (κ2) is 5.50. The van der Waals surface area contributed by atoms with E-state index < -0.39 is 0 Å². The second-order valence-electron chi connectivity index (χ2n) is 4.54. The van der Waals surface area contributed by atoms with Crippen LogP contribution in [-0.4, -0.2) is 26.3 Å². The van der Waals surface area contributed by atoms with Crippen LogP contribution in [0.1, 0.15) is 12.7 Å². The van der Waals surface area contributed by atoms with Crippen molar-refractivity contribution in [2.24, 2.45) is 0 Å². The summed E-state index contributed by atoms with van der Waals surface area (Å²) in [5.74, 6) is 1.45. The highest BCUT2D eigenvalue weighted by molar-refractivity contribution is 6.35. The average molecular weight is 322 g/mol. The van der Waals surface area contributed by atoms with Gasteiger partial charge in [0.1, 0.15) is 11.6 Å². The van der Waals surface area contributed by atoms with Crippen LogP contribution < -0.4 is 5.32 Å². The number of benzene rings is 1. The molecular formula is C14H13Cl2N5. The first kappa shape index (κ1) is 14.1. The van der Waals surface area contributed by atoms with E-state index in [-0.39, 0.29) is 0 Å². The fourth-order valence-corrected chi connectivity index (χ4v) is 2.64. The highest BCUT2D eigenvalue weighted by Crippen LogP contribution is 2.28.